The third-order valence-electron chi connectivity index (χ3n) is 4.06. The van der Waals surface area contributed by atoms with Gasteiger partial charge in [-0.1, -0.05) is 25.1 Å². The topological polar surface area (TPSA) is 93.2 Å². The van der Waals surface area contributed by atoms with Crippen LogP contribution in [0.1, 0.15) is 19.8 Å². The van der Waals surface area contributed by atoms with Crippen LogP contribution in [-0.4, -0.2) is 22.1 Å². The lowest BCUT2D eigenvalue weighted by molar-refractivity contribution is -0.116. The molecule has 2 N–H and O–H groups in total. The van der Waals surface area contributed by atoms with Crippen molar-refractivity contribution < 1.29 is 9.53 Å². The standard InChI is InChI=1S/C20H21N3O4/c1-2-12-27-15-7-5-6-14(13-15)21-18(24)10-11-23-17-9-4-3-8-16(17)19(25)22-20(23)26/h3-9,13H,2,10-12H2,1H3,(H,21,24)(H,22,25,26). The molecule has 0 bridgehead atoms. The number of benzene rings is 2. The zero-order valence-electron chi connectivity index (χ0n) is 15.0. The molecule has 1 heterocycles. The van der Waals surface area contributed by atoms with Crippen LogP contribution in [-0.2, 0) is 11.3 Å². The summed E-state index contributed by atoms with van der Waals surface area (Å²) >= 11 is 0. The van der Waals surface area contributed by atoms with Crippen LogP contribution in [0.25, 0.3) is 10.9 Å². The van der Waals surface area contributed by atoms with E-state index in [-0.39, 0.29) is 18.9 Å². The first-order valence-electron chi connectivity index (χ1n) is 8.83. The first-order valence-corrected chi connectivity index (χ1v) is 8.83. The molecule has 0 saturated heterocycles. The Labute approximate surface area is 155 Å². The summed E-state index contributed by atoms with van der Waals surface area (Å²) in [6, 6.07) is 14.0. The van der Waals surface area contributed by atoms with E-state index >= 15 is 0 Å². The monoisotopic (exact) mass is 367 g/mol. The van der Waals surface area contributed by atoms with Gasteiger partial charge >= 0.3 is 5.69 Å². The smallest absolute Gasteiger partial charge is 0.328 e. The molecule has 3 aromatic rings. The van der Waals surface area contributed by atoms with Gasteiger partial charge in [-0.3, -0.25) is 19.1 Å². The number of nitrogens with zero attached hydrogens (tertiary/aromatic N) is 1. The molecule has 27 heavy (non-hydrogen) atoms. The molecule has 1 aromatic heterocycles. The SMILES string of the molecule is CCCOc1cccc(NC(=O)CCn2c(=O)[nH]c(=O)c3ccccc32)c1. The molecule has 0 spiro atoms. The summed E-state index contributed by atoms with van der Waals surface area (Å²) in [7, 11) is 0. The number of carbonyl (C=O) groups excluding carboxylic acids is 1. The van der Waals surface area contributed by atoms with Gasteiger partial charge < -0.3 is 10.1 Å². The van der Waals surface area contributed by atoms with Crippen LogP contribution in [0.15, 0.2) is 58.1 Å². The zero-order valence-corrected chi connectivity index (χ0v) is 15.0. The number of carbonyl (C=O) groups is 1. The molecule has 1 amide bonds. The average Bonchev–Trinajstić information content (AvgIpc) is 2.66. The maximum absolute atomic E-state index is 12.3. The van der Waals surface area contributed by atoms with Gasteiger partial charge in [0, 0.05) is 24.7 Å². The number of H-pyrrole nitrogens is 1. The zero-order chi connectivity index (χ0) is 19.2. The van der Waals surface area contributed by atoms with Crippen molar-refractivity contribution in [3.8, 4) is 5.75 Å². The Morgan fingerprint density at radius 3 is 2.78 bits per heavy atom. The highest BCUT2D eigenvalue weighted by Gasteiger charge is 2.09. The number of rotatable bonds is 7. The first kappa shape index (κ1) is 18.4. The number of hydrogen-bond acceptors (Lipinski definition) is 4. The second-order valence-electron chi connectivity index (χ2n) is 6.10. The van der Waals surface area contributed by atoms with Crippen molar-refractivity contribution in [1.82, 2.24) is 9.55 Å². The van der Waals surface area contributed by atoms with Gasteiger partial charge in [0.05, 0.1) is 17.5 Å². The molecule has 0 aliphatic carbocycles. The molecule has 7 nitrogen and oxygen atoms in total. The van der Waals surface area contributed by atoms with E-state index in [9.17, 15) is 14.4 Å². The van der Waals surface area contributed by atoms with Gasteiger partial charge in [0.1, 0.15) is 5.75 Å². The van der Waals surface area contributed by atoms with Crippen molar-refractivity contribution in [2.45, 2.75) is 26.3 Å². The van der Waals surface area contributed by atoms with E-state index in [1.54, 1.807) is 42.5 Å². The summed E-state index contributed by atoms with van der Waals surface area (Å²) in [5.41, 5.74) is 0.183. The molecule has 7 heteroatoms. The van der Waals surface area contributed by atoms with Crippen LogP contribution in [0.3, 0.4) is 0 Å². The summed E-state index contributed by atoms with van der Waals surface area (Å²) in [5.74, 6) is 0.460. The lowest BCUT2D eigenvalue weighted by Crippen LogP contribution is -2.31. The van der Waals surface area contributed by atoms with E-state index in [4.69, 9.17) is 4.74 Å². The highest BCUT2D eigenvalue weighted by Crippen LogP contribution is 2.18. The fourth-order valence-electron chi connectivity index (χ4n) is 2.78. The van der Waals surface area contributed by atoms with Crippen molar-refractivity contribution in [3.05, 3.63) is 69.4 Å². The minimum absolute atomic E-state index is 0.0932. The number of aromatic amines is 1. The van der Waals surface area contributed by atoms with Gasteiger partial charge in [0.15, 0.2) is 0 Å². The molecular weight excluding hydrogens is 346 g/mol. The summed E-state index contributed by atoms with van der Waals surface area (Å²) in [5, 5.41) is 3.22. The van der Waals surface area contributed by atoms with E-state index in [0.29, 0.717) is 28.9 Å². The summed E-state index contributed by atoms with van der Waals surface area (Å²) in [4.78, 5) is 38.6. The summed E-state index contributed by atoms with van der Waals surface area (Å²) in [6.45, 7) is 2.79. The quantitative estimate of drug-likeness (QED) is 0.671. The molecule has 0 aliphatic heterocycles. The molecule has 2 aromatic carbocycles. The minimum Gasteiger partial charge on any atom is -0.494 e. The normalized spacial score (nSPS) is 10.7. The maximum Gasteiger partial charge on any atom is 0.328 e. The number of anilines is 1. The Bertz CT molecular complexity index is 1070. The van der Waals surface area contributed by atoms with Gasteiger partial charge in [0.2, 0.25) is 5.91 Å². The van der Waals surface area contributed by atoms with Crippen LogP contribution in [0.5, 0.6) is 5.75 Å². The van der Waals surface area contributed by atoms with Crippen molar-refractivity contribution in [2.75, 3.05) is 11.9 Å². The van der Waals surface area contributed by atoms with Crippen LogP contribution < -0.4 is 21.3 Å². The lowest BCUT2D eigenvalue weighted by atomic mass is 10.2. The second-order valence-corrected chi connectivity index (χ2v) is 6.10. The number of para-hydroxylation sites is 1. The fourth-order valence-corrected chi connectivity index (χ4v) is 2.78. The van der Waals surface area contributed by atoms with E-state index in [1.807, 2.05) is 13.0 Å². The van der Waals surface area contributed by atoms with Gasteiger partial charge in [-0.15, -0.1) is 0 Å². The largest absolute Gasteiger partial charge is 0.494 e. The second kappa shape index (κ2) is 8.35. The van der Waals surface area contributed by atoms with Gasteiger partial charge in [0.25, 0.3) is 5.56 Å². The minimum atomic E-state index is -0.526. The molecule has 140 valence electrons. The molecule has 3 rings (SSSR count). The number of aromatic nitrogens is 2. The van der Waals surface area contributed by atoms with Crippen LogP contribution in [0.2, 0.25) is 0 Å². The first-order chi connectivity index (χ1) is 13.1. The Morgan fingerprint density at radius 2 is 1.96 bits per heavy atom. The van der Waals surface area contributed by atoms with Gasteiger partial charge in [-0.2, -0.15) is 0 Å². The predicted octanol–water partition coefficient (Wildman–Crippen LogP) is 2.51. The van der Waals surface area contributed by atoms with Crippen molar-refractivity contribution in [2.24, 2.45) is 0 Å². The third-order valence-corrected chi connectivity index (χ3v) is 4.06. The van der Waals surface area contributed by atoms with E-state index in [0.717, 1.165) is 6.42 Å². The number of nitrogens with one attached hydrogen (secondary N) is 2. The molecule has 0 radical (unpaired) electrons. The Kier molecular flexibility index (Phi) is 5.71. The Balaban J connectivity index is 1.71. The van der Waals surface area contributed by atoms with Gasteiger partial charge in [-0.25, -0.2) is 4.79 Å². The maximum atomic E-state index is 12.3. The van der Waals surface area contributed by atoms with Gasteiger partial charge in [-0.05, 0) is 30.7 Å². The molecule has 0 unspecified atom stereocenters. The molecular formula is C20H21N3O4. The fraction of sp³-hybridized carbons (Fsp3) is 0.250. The number of ether oxygens (including phenoxy) is 1. The van der Waals surface area contributed by atoms with Crippen LogP contribution in [0.4, 0.5) is 5.69 Å². The van der Waals surface area contributed by atoms with E-state index in [2.05, 4.69) is 10.3 Å². The Morgan fingerprint density at radius 1 is 1.15 bits per heavy atom. The lowest BCUT2D eigenvalue weighted by Gasteiger charge is -2.11. The molecule has 0 atom stereocenters. The molecule has 0 fully saturated rings. The predicted molar refractivity (Wildman–Crippen MR) is 104 cm³/mol. The highest BCUT2D eigenvalue weighted by molar-refractivity contribution is 5.91. The number of amides is 1. The van der Waals surface area contributed by atoms with Crippen molar-refractivity contribution in [1.29, 1.82) is 0 Å². The van der Waals surface area contributed by atoms with E-state index in [1.165, 1.54) is 4.57 Å². The third kappa shape index (κ3) is 4.44. The molecule has 0 saturated carbocycles. The van der Waals surface area contributed by atoms with E-state index < -0.39 is 11.2 Å². The summed E-state index contributed by atoms with van der Waals surface area (Å²) < 4.78 is 6.95. The van der Waals surface area contributed by atoms with Crippen molar-refractivity contribution >= 4 is 22.5 Å². The molecule has 0 aliphatic rings. The average molecular weight is 367 g/mol. The van der Waals surface area contributed by atoms with Crippen LogP contribution >= 0.6 is 0 Å². The number of hydrogen-bond donors (Lipinski definition) is 2. The number of aryl methyl sites for hydroxylation is 1. The highest BCUT2D eigenvalue weighted by atomic mass is 16.5. The number of fused-ring (bicyclic) bond motifs is 1. The van der Waals surface area contributed by atoms with Crippen molar-refractivity contribution in [3.63, 3.8) is 0 Å². The summed E-state index contributed by atoms with van der Waals surface area (Å²) in [6.07, 6.45) is 0.994. The Hall–Kier alpha value is -3.35. The van der Waals surface area contributed by atoms with Crippen LogP contribution in [0, 0.1) is 0 Å².